The molecule has 1 unspecified atom stereocenters. The molecule has 0 saturated carbocycles. The van der Waals surface area contributed by atoms with E-state index in [-0.39, 0.29) is 0 Å². The van der Waals surface area contributed by atoms with E-state index in [1.54, 1.807) is 0 Å². The molecule has 1 aromatic carbocycles. The fraction of sp³-hybridized carbons (Fsp3) is 0.433. The van der Waals surface area contributed by atoms with Gasteiger partial charge in [0, 0.05) is 18.3 Å². The Balaban J connectivity index is 1.34. The lowest BCUT2D eigenvalue weighted by Gasteiger charge is -2.30. The van der Waals surface area contributed by atoms with Crippen molar-refractivity contribution < 1.29 is 0 Å². The van der Waals surface area contributed by atoms with E-state index in [1.165, 1.54) is 61.0 Å². The summed E-state index contributed by atoms with van der Waals surface area (Å²) in [4.78, 5) is 7.16. The second kappa shape index (κ2) is 10.8. The molecule has 1 atom stereocenters. The third-order valence-corrected chi connectivity index (χ3v) is 6.82. The minimum atomic E-state index is 0.807. The summed E-state index contributed by atoms with van der Waals surface area (Å²) in [6.45, 7) is 10.5. The Morgan fingerprint density at radius 2 is 1.78 bits per heavy atom. The highest BCUT2D eigenvalue weighted by Crippen LogP contribution is 2.29. The molecule has 2 heteroatoms. The highest BCUT2D eigenvalue weighted by molar-refractivity contribution is 5.66. The van der Waals surface area contributed by atoms with Crippen LogP contribution in [0, 0.1) is 23.7 Å². The van der Waals surface area contributed by atoms with Crippen molar-refractivity contribution in [1.82, 2.24) is 9.88 Å². The maximum Gasteiger partial charge on any atom is 0.113 e. The highest BCUT2D eigenvalue weighted by Gasteiger charge is 2.15. The van der Waals surface area contributed by atoms with Crippen LogP contribution in [0.1, 0.15) is 75.3 Å². The number of pyridine rings is 1. The molecule has 1 aliphatic heterocycles. The van der Waals surface area contributed by atoms with Gasteiger partial charge in [0.1, 0.15) is 5.69 Å². The molecule has 32 heavy (non-hydrogen) atoms. The van der Waals surface area contributed by atoms with Crippen LogP contribution in [-0.2, 0) is 0 Å². The van der Waals surface area contributed by atoms with Gasteiger partial charge in [-0.2, -0.15) is 0 Å². The van der Waals surface area contributed by atoms with Crippen LogP contribution < -0.4 is 0 Å². The van der Waals surface area contributed by atoms with Crippen molar-refractivity contribution in [1.29, 1.82) is 0 Å². The molecule has 1 aliphatic carbocycles. The van der Waals surface area contributed by atoms with Crippen LogP contribution in [0.2, 0.25) is 0 Å². The van der Waals surface area contributed by atoms with Crippen molar-refractivity contribution in [3.05, 3.63) is 76.6 Å². The Morgan fingerprint density at radius 3 is 2.44 bits per heavy atom. The largest absolute Gasteiger partial charge is 0.299 e. The van der Waals surface area contributed by atoms with Gasteiger partial charge in [-0.25, -0.2) is 4.98 Å². The van der Waals surface area contributed by atoms with Gasteiger partial charge in [0.25, 0.3) is 0 Å². The lowest BCUT2D eigenvalue weighted by Crippen LogP contribution is -2.33. The third-order valence-electron chi connectivity index (χ3n) is 6.82. The van der Waals surface area contributed by atoms with Crippen LogP contribution in [0.25, 0.3) is 11.6 Å². The summed E-state index contributed by atoms with van der Waals surface area (Å²) >= 11 is 0. The van der Waals surface area contributed by atoms with Gasteiger partial charge in [-0.3, -0.25) is 4.90 Å². The zero-order valence-electron chi connectivity index (χ0n) is 19.9. The summed E-state index contributed by atoms with van der Waals surface area (Å²) in [5.74, 6) is 8.16. The van der Waals surface area contributed by atoms with E-state index >= 15 is 0 Å². The van der Waals surface area contributed by atoms with E-state index in [2.05, 4.69) is 85.0 Å². The number of allylic oxidation sites excluding steroid dienone is 2. The molecule has 2 aliphatic rings. The van der Waals surface area contributed by atoms with E-state index in [4.69, 9.17) is 0 Å². The molecule has 2 nitrogen and oxygen atoms in total. The summed E-state index contributed by atoms with van der Waals surface area (Å²) < 4.78 is 0. The number of hydrogen-bond acceptors (Lipinski definition) is 2. The van der Waals surface area contributed by atoms with Gasteiger partial charge in [0.2, 0.25) is 0 Å². The minimum absolute atomic E-state index is 0.807. The van der Waals surface area contributed by atoms with E-state index in [0.717, 1.165) is 36.1 Å². The first-order chi connectivity index (χ1) is 15.5. The summed E-state index contributed by atoms with van der Waals surface area (Å²) in [5.41, 5.74) is 7.20. The lowest BCUT2D eigenvalue weighted by atomic mass is 9.88. The van der Waals surface area contributed by atoms with Gasteiger partial charge in [0.05, 0.1) is 0 Å². The first-order valence-corrected chi connectivity index (χ1v) is 12.2. The lowest BCUT2D eigenvalue weighted by molar-refractivity contribution is 0.207. The number of rotatable bonds is 4. The molecule has 4 rings (SSSR count). The van der Waals surface area contributed by atoms with Crippen LogP contribution in [0.5, 0.6) is 0 Å². The first-order valence-electron chi connectivity index (χ1n) is 12.2. The van der Waals surface area contributed by atoms with E-state index in [9.17, 15) is 0 Å². The summed E-state index contributed by atoms with van der Waals surface area (Å²) in [6.07, 6.45) is 12.9. The molecule has 0 radical (unpaired) electrons. The van der Waals surface area contributed by atoms with Gasteiger partial charge in [-0.05, 0) is 105 Å². The van der Waals surface area contributed by atoms with Crippen LogP contribution in [-0.4, -0.2) is 29.5 Å². The van der Waals surface area contributed by atoms with E-state index < -0.39 is 0 Å². The van der Waals surface area contributed by atoms with Crippen LogP contribution in [0.3, 0.4) is 0 Å². The van der Waals surface area contributed by atoms with Crippen LogP contribution >= 0.6 is 0 Å². The van der Waals surface area contributed by atoms with Crippen molar-refractivity contribution in [3.8, 4) is 11.8 Å². The monoisotopic (exact) mass is 424 g/mol. The number of piperidine rings is 1. The molecule has 0 bridgehead atoms. The second-order valence-electron chi connectivity index (χ2n) is 9.86. The highest BCUT2D eigenvalue weighted by atomic mass is 15.1. The van der Waals surface area contributed by atoms with Gasteiger partial charge in [-0.1, -0.05) is 55.7 Å². The number of hydrogen-bond donors (Lipinski definition) is 0. The quantitative estimate of drug-likeness (QED) is 0.501. The standard InChI is InChI=1S/C30H36N2/c1-23-4-11-28(12-5-23)29-13-15-30(31-21-29)14-10-26-6-8-27(9-7-26)20-25(3)22-32-18-16-24(2)17-19-32/h6-9,11,13,15,20-21,23-24H,4-5,12,16-19,22H2,1-3H3. The summed E-state index contributed by atoms with van der Waals surface area (Å²) in [5, 5.41) is 0. The fourth-order valence-corrected chi connectivity index (χ4v) is 4.59. The Morgan fingerprint density at radius 1 is 1.00 bits per heavy atom. The summed E-state index contributed by atoms with van der Waals surface area (Å²) in [7, 11) is 0. The Kier molecular flexibility index (Phi) is 7.61. The molecule has 166 valence electrons. The fourth-order valence-electron chi connectivity index (χ4n) is 4.59. The van der Waals surface area contributed by atoms with Gasteiger partial charge in [0.15, 0.2) is 0 Å². The van der Waals surface area contributed by atoms with Crippen molar-refractivity contribution in [2.24, 2.45) is 11.8 Å². The number of benzene rings is 1. The molecule has 2 aromatic rings. The van der Waals surface area contributed by atoms with E-state index in [0.29, 0.717) is 0 Å². The SMILES string of the molecule is CC(=Cc1ccc(C#Cc2ccc(C3=CCC(C)CC3)cn2)cc1)CN1CCC(C)CC1. The number of likely N-dealkylation sites (tertiary alicyclic amines) is 1. The molecule has 0 spiro atoms. The van der Waals surface area contributed by atoms with Crippen molar-refractivity contribution in [2.75, 3.05) is 19.6 Å². The van der Waals surface area contributed by atoms with E-state index in [1.807, 2.05) is 12.3 Å². The topological polar surface area (TPSA) is 16.1 Å². The van der Waals surface area contributed by atoms with Gasteiger partial charge in [-0.15, -0.1) is 0 Å². The Labute approximate surface area is 194 Å². The van der Waals surface area contributed by atoms with Crippen molar-refractivity contribution in [3.63, 3.8) is 0 Å². The molecular weight excluding hydrogens is 388 g/mol. The number of aromatic nitrogens is 1. The van der Waals surface area contributed by atoms with Gasteiger partial charge < -0.3 is 0 Å². The zero-order valence-corrected chi connectivity index (χ0v) is 19.9. The van der Waals surface area contributed by atoms with Crippen molar-refractivity contribution in [2.45, 2.75) is 52.9 Å². The molecule has 0 N–H and O–H groups in total. The average Bonchev–Trinajstić information content (AvgIpc) is 2.81. The summed E-state index contributed by atoms with van der Waals surface area (Å²) in [6, 6.07) is 12.8. The molecule has 1 aromatic heterocycles. The predicted molar refractivity (Wildman–Crippen MR) is 136 cm³/mol. The zero-order chi connectivity index (χ0) is 22.3. The predicted octanol–water partition coefficient (Wildman–Crippen LogP) is 6.82. The molecule has 1 fully saturated rings. The molecular formula is C30H36N2. The van der Waals surface area contributed by atoms with Crippen LogP contribution in [0.4, 0.5) is 0 Å². The third kappa shape index (κ3) is 6.44. The first kappa shape index (κ1) is 22.6. The molecule has 0 amide bonds. The van der Waals surface area contributed by atoms with Crippen LogP contribution in [0.15, 0.2) is 54.2 Å². The molecule has 2 heterocycles. The normalized spacial score (nSPS) is 20.4. The minimum Gasteiger partial charge on any atom is -0.299 e. The van der Waals surface area contributed by atoms with Gasteiger partial charge >= 0.3 is 0 Å². The number of nitrogens with zero attached hydrogens (tertiary/aromatic N) is 2. The Hall–Kier alpha value is -2.63. The smallest absolute Gasteiger partial charge is 0.113 e. The molecule has 1 saturated heterocycles. The second-order valence-corrected chi connectivity index (χ2v) is 9.86. The maximum atomic E-state index is 4.58. The average molecular weight is 425 g/mol. The maximum absolute atomic E-state index is 4.58. The Bertz CT molecular complexity index is 1010. The van der Waals surface area contributed by atoms with Crippen molar-refractivity contribution >= 4 is 11.6 Å².